The van der Waals surface area contributed by atoms with E-state index in [-0.39, 0.29) is 18.6 Å². The van der Waals surface area contributed by atoms with Gasteiger partial charge in [0.2, 0.25) is 5.91 Å². The summed E-state index contributed by atoms with van der Waals surface area (Å²) < 4.78 is 0. The predicted molar refractivity (Wildman–Crippen MR) is 86.6 cm³/mol. The summed E-state index contributed by atoms with van der Waals surface area (Å²) in [7, 11) is 0. The minimum absolute atomic E-state index is 0.0408. The lowest BCUT2D eigenvalue weighted by molar-refractivity contribution is -0.132. The Morgan fingerprint density at radius 1 is 1.14 bits per heavy atom. The number of likely N-dealkylation sites (tertiary alicyclic amines) is 1. The van der Waals surface area contributed by atoms with Crippen molar-refractivity contribution in [2.45, 2.75) is 38.1 Å². The summed E-state index contributed by atoms with van der Waals surface area (Å²) in [6, 6.07) is 8.38. The number of carbonyl (C=O) groups excluding carboxylic acids is 1. The van der Waals surface area contributed by atoms with Gasteiger partial charge in [0.05, 0.1) is 12.6 Å². The Bertz CT molecular complexity index is 512. The van der Waals surface area contributed by atoms with Crippen LogP contribution in [0.1, 0.15) is 42.9 Å². The standard InChI is InChI=1S/C18H26N2O2/c21-14-17-16-7-3-2-6-15(16)8-12-19(17)13-9-18(22)20-10-4-1-5-11-20/h2-3,6-7,17,21H,1,4-5,8-14H2. The summed E-state index contributed by atoms with van der Waals surface area (Å²) in [5, 5.41) is 9.79. The molecule has 1 fully saturated rings. The van der Waals surface area contributed by atoms with Crippen LogP contribution in [0.2, 0.25) is 0 Å². The van der Waals surface area contributed by atoms with Crippen molar-refractivity contribution < 1.29 is 9.90 Å². The number of rotatable bonds is 4. The molecule has 2 aliphatic heterocycles. The lowest BCUT2D eigenvalue weighted by atomic mass is 9.93. The largest absolute Gasteiger partial charge is 0.394 e. The third-order valence-electron chi connectivity index (χ3n) is 5.02. The second-order valence-corrected chi connectivity index (χ2v) is 6.37. The molecular weight excluding hydrogens is 276 g/mol. The molecule has 0 spiro atoms. The van der Waals surface area contributed by atoms with E-state index in [1.54, 1.807) is 0 Å². The SMILES string of the molecule is O=C(CCN1CCc2ccccc2C1CO)N1CCCCC1. The van der Waals surface area contributed by atoms with Crippen LogP contribution >= 0.6 is 0 Å². The maximum atomic E-state index is 12.3. The number of piperidine rings is 1. The van der Waals surface area contributed by atoms with E-state index in [2.05, 4.69) is 23.1 Å². The molecule has 1 aromatic rings. The van der Waals surface area contributed by atoms with E-state index in [1.807, 2.05) is 11.0 Å². The molecule has 120 valence electrons. The normalized spacial score (nSPS) is 22.4. The Balaban J connectivity index is 1.59. The first kappa shape index (κ1) is 15.5. The van der Waals surface area contributed by atoms with Crippen LogP contribution < -0.4 is 0 Å². The Morgan fingerprint density at radius 3 is 2.68 bits per heavy atom. The topological polar surface area (TPSA) is 43.8 Å². The van der Waals surface area contributed by atoms with Crippen LogP contribution in [0.25, 0.3) is 0 Å². The first-order chi connectivity index (χ1) is 10.8. The number of nitrogens with zero attached hydrogens (tertiary/aromatic N) is 2. The van der Waals surface area contributed by atoms with Crippen molar-refractivity contribution >= 4 is 5.91 Å². The van der Waals surface area contributed by atoms with Crippen molar-refractivity contribution in [2.75, 3.05) is 32.8 Å². The summed E-state index contributed by atoms with van der Waals surface area (Å²) in [4.78, 5) is 16.6. The summed E-state index contributed by atoms with van der Waals surface area (Å²) in [5.41, 5.74) is 2.56. The van der Waals surface area contributed by atoms with Crippen LogP contribution in [0.15, 0.2) is 24.3 Å². The van der Waals surface area contributed by atoms with Crippen molar-refractivity contribution in [1.82, 2.24) is 9.80 Å². The average Bonchev–Trinajstić information content (AvgIpc) is 2.59. The van der Waals surface area contributed by atoms with Crippen molar-refractivity contribution in [3.63, 3.8) is 0 Å². The van der Waals surface area contributed by atoms with Crippen molar-refractivity contribution in [3.05, 3.63) is 35.4 Å². The van der Waals surface area contributed by atoms with Crippen LogP contribution in [-0.2, 0) is 11.2 Å². The Kier molecular flexibility index (Phi) is 5.11. The fraction of sp³-hybridized carbons (Fsp3) is 0.611. The predicted octanol–water partition coefficient (Wildman–Crippen LogP) is 1.98. The number of aliphatic hydroxyl groups excluding tert-OH is 1. The molecule has 4 nitrogen and oxygen atoms in total. The van der Waals surface area contributed by atoms with Gasteiger partial charge in [0.1, 0.15) is 0 Å². The molecule has 1 atom stereocenters. The number of hydrogen-bond acceptors (Lipinski definition) is 3. The third-order valence-corrected chi connectivity index (χ3v) is 5.02. The van der Waals surface area contributed by atoms with Crippen LogP contribution in [0.5, 0.6) is 0 Å². The summed E-state index contributed by atoms with van der Waals surface area (Å²) in [5.74, 6) is 0.273. The Labute approximate surface area is 132 Å². The quantitative estimate of drug-likeness (QED) is 0.925. The molecule has 2 heterocycles. The van der Waals surface area contributed by atoms with E-state index >= 15 is 0 Å². The fourth-order valence-corrected chi connectivity index (χ4v) is 3.73. The first-order valence-electron chi connectivity index (χ1n) is 8.50. The molecule has 1 amide bonds. The highest BCUT2D eigenvalue weighted by Gasteiger charge is 2.27. The average molecular weight is 302 g/mol. The van der Waals surface area contributed by atoms with Gasteiger partial charge in [-0.1, -0.05) is 24.3 Å². The molecule has 1 saturated heterocycles. The van der Waals surface area contributed by atoms with Gasteiger partial charge >= 0.3 is 0 Å². The minimum Gasteiger partial charge on any atom is -0.394 e. The second kappa shape index (κ2) is 7.25. The molecular formula is C18H26N2O2. The van der Waals surface area contributed by atoms with Crippen LogP contribution in [0.4, 0.5) is 0 Å². The highest BCUT2D eigenvalue weighted by molar-refractivity contribution is 5.76. The third kappa shape index (κ3) is 3.33. The lowest BCUT2D eigenvalue weighted by Crippen LogP contribution is -2.41. The van der Waals surface area contributed by atoms with Crippen molar-refractivity contribution in [1.29, 1.82) is 0 Å². The van der Waals surface area contributed by atoms with Gasteiger partial charge in [-0.25, -0.2) is 0 Å². The zero-order valence-electron chi connectivity index (χ0n) is 13.2. The zero-order chi connectivity index (χ0) is 15.4. The van der Waals surface area contributed by atoms with Crippen molar-refractivity contribution in [2.24, 2.45) is 0 Å². The number of aliphatic hydroxyl groups is 1. The number of benzene rings is 1. The summed E-state index contributed by atoms with van der Waals surface area (Å²) >= 11 is 0. The first-order valence-corrected chi connectivity index (χ1v) is 8.50. The van der Waals surface area contributed by atoms with E-state index < -0.39 is 0 Å². The summed E-state index contributed by atoms with van der Waals surface area (Å²) in [6.45, 7) is 3.63. The van der Waals surface area contributed by atoms with Gasteiger partial charge in [0.15, 0.2) is 0 Å². The smallest absolute Gasteiger partial charge is 0.223 e. The highest BCUT2D eigenvalue weighted by Crippen LogP contribution is 2.29. The van der Waals surface area contributed by atoms with Gasteiger partial charge in [0, 0.05) is 32.6 Å². The van der Waals surface area contributed by atoms with Crippen molar-refractivity contribution in [3.8, 4) is 0 Å². The summed E-state index contributed by atoms with van der Waals surface area (Å²) in [6.07, 6.45) is 5.10. The molecule has 4 heteroatoms. The van der Waals surface area contributed by atoms with Gasteiger partial charge in [-0.05, 0) is 36.8 Å². The molecule has 0 aromatic heterocycles. The zero-order valence-corrected chi connectivity index (χ0v) is 13.2. The second-order valence-electron chi connectivity index (χ2n) is 6.37. The highest BCUT2D eigenvalue weighted by atomic mass is 16.3. The number of hydrogen-bond donors (Lipinski definition) is 1. The molecule has 0 radical (unpaired) electrons. The van der Waals surface area contributed by atoms with Gasteiger partial charge in [-0.15, -0.1) is 0 Å². The van der Waals surface area contributed by atoms with Gasteiger partial charge < -0.3 is 10.0 Å². The number of carbonyl (C=O) groups is 1. The molecule has 0 bridgehead atoms. The molecule has 1 unspecified atom stereocenters. The maximum absolute atomic E-state index is 12.3. The van der Waals surface area contributed by atoms with E-state index in [9.17, 15) is 9.90 Å². The molecule has 3 rings (SSSR count). The maximum Gasteiger partial charge on any atom is 0.223 e. The van der Waals surface area contributed by atoms with Gasteiger partial charge in [0.25, 0.3) is 0 Å². The molecule has 22 heavy (non-hydrogen) atoms. The Hall–Kier alpha value is -1.39. The number of amides is 1. The fourth-order valence-electron chi connectivity index (χ4n) is 3.73. The van der Waals surface area contributed by atoms with E-state index in [0.717, 1.165) is 45.4 Å². The monoisotopic (exact) mass is 302 g/mol. The van der Waals surface area contributed by atoms with E-state index in [0.29, 0.717) is 6.42 Å². The van der Waals surface area contributed by atoms with Gasteiger partial charge in [-0.2, -0.15) is 0 Å². The van der Waals surface area contributed by atoms with Gasteiger partial charge in [-0.3, -0.25) is 9.69 Å². The molecule has 1 N–H and O–H groups in total. The molecule has 2 aliphatic rings. The molecule has 1 aromatic carbocycles. The lowest BCUT2D eigenvalue weighted by Gasteiger charge is -2.36. The minimum atomic E-state index is 0.0408. The van der Waals surface area contributed by atoms with Crippen LogP contribution in [0, 0.1) is 0 Å². The molecule has 0 saturated carbocycles. The number of fused-ring (bicyclic) bond motifs is 1. The van der Waals surface area contributed by atoms with Crippen LogP contribution in [0.3, 0.4) is 0 Å². The Morgan fingerprint density at radius 2 is 1.91 bits per heavy atom. The van der Waals surface area contributed by atoms with E-state index in [4.69, 9.17) is 0 Å². The van der Waals surface area contributed by atoms with Crippen LogP contribution in [-0.4, -0.2) is 53.6 Å². The van der Waals surface area contributed by atoms with E-state index in [1.165, 1.54) is 17.5 Å². The molecule has 0 aliphatic carbocycles.